The van der Waals surface area contributed by atoms with Crippen LogP contribution in [-0.4, -0.2) is 7.05 Å². The zero-order valence-electron chi connectivity index (χ0n) is 10.7. The molecule has 2 rings (SSSR count). The number of halogens is 3. The second kappa shape index (κ2) is 5.68. The molecule has 100 valence electrons. The van der Waals surface area contributed by atoms with Crippen molar-refractivity contribution in [3.8, 4) is 0 Å². The molecule has 0 radical (unpaired) electrons. The maximum absolute atomic E-state index is 13.5. The zero-order chi connectivity index (χ0) is 14.0. The van der Waals surface area contributed by atoms with E-state index in [4.69, 9.17) is 11.6 Å². The van der Waals surface area contributed by atoms with Crippen molar-refractivity contribution in [2.75, 3.05) is 7.05 Å². The summed E-state index contributed by atoms with van der Waals surface area (Å²) in [6.45, 7) is 1.69. The molecule has 1 atom stereocenters. The van der Waals surface area contributed by atoms with Gasteiger partial charge in [-0.15, -0.1) is 0 Å². The lowest BCUT2D eigenvalue weighted by Crippen LogP contribution is -2.18. The Labute approximate surface area is 116 Å². The van der Waals surface area contributed by atoms with Gasteiger partial charge in [-0.05, 0) is 42.8 Å². The van der Waals surface area contributed by atoms with Crippen LogP contribution in [0.5, 0.6) is 0 Å². The fourth-order valence-electron chi connectivity index (χ4n) is 2.09. The van der Waals surface area contributed by atoms with Crippen LogP contribution in [0.3, 0.4) is 0 Å². The van der Waals surface area contributed by atoms with Crippen LogP contribution in [0.1, 0.15) is 22.7 Å². The van der Waals surface area contributed by atoms with Gasteiger partial charge in [-0.25, -0.2) is 8.78 Å². The molecule has 0 aliphatic heterocycles. The summed E-state index contributed by atoms with van der Waals surface area (Å²) in [6.07, 6.45) is 0. The van der Waals surface area contributed by atoms with Gasteiger partial charge in [0, 0.05) is 0 Å². The standard InChI is InChI=1S/C15H14ClF2N/c1-9-8-10(6-7-12(9)17)15(19-2)11-4-3-5-13(18)14(11)16/h3-8,15,19H,1-2H3. The van der Waals surface area contributed by atoms with Crippen molar-refractivity contribution in [1.82, 2.24) is 5.32 Å². The van der Waals surface area contributed by atoms with Gasteiger partial charge < -0.3 is 5.32 Å². The molecule has 19 heavy (non-hydrogen) atoms. The summed E-state index contributed by atoms with van der Waals surface area (Å²) in [5, 5.41) is 3.16. The molecule has 2 aromatic rings. The number of rotatable bonds is 3. The third-order valence-corrected chi connectivity index (χ3v) is 3.50. The van der Waals surface area contributed by atoms with Gasteiger partial charge in [0.25, 0.3) is 0 Å². The topological polar surface area (TPSA) is 12.0 Å². The van der Waals surface area contributed by atoms with Crippen molar-refractivity contribution in [3.63, 3.8) is 0 Å². The molecule has 1 nitrogen and oxygen atoms in total. The van der Waals surface area contributed by atoms with Crippen molar-refractivity contribution in [3.05, 3.63) is 69.7 Å². The van der Waals surface area contributed by atoms with E-state index >= 15 is 0 Å². The van der Waals surface area contributed by atoms with Gasteiger partial charge >= 0.3 is 0 Å². The Bertz CT molecular complexity index is 599. The van der Waals surface area contributed by atoms with Crippen LogP contribution in [0.15, 0.2) is 36.4 Å². The molecule has 0 amide bonds. The fraction of sp³-hybridized carbons (Fsp3) is 0.200. The normalized spacial score (nSPS) is 12.5. The average molecular weight is 282 g/mol. The summed E-state index contributed by atoms with van der Waals surface area (Å²) in [7, 11) is 1.75. The summed E-state index contributed by atoms with van der Waals surface area (Å²) in [4.78, 5) is 0. The molecule has 0 saturated carbocycles. The molecule has 4 heteroatoms. The molecule has 0 heterocycles. The van der Waals surface area contributed by atoms with Gasteiger partial charge in [-0.1, -0.05) is 35.9 Å². The first-order chi connectivity index (χ1) is 9.04. The number of aryl methyl sites for hydroxylation is 1. The van der Waals surface area contributed by atoms with Gasteiger partial charge in [0.05, 0.1) is 11.1 Å². The van der Waals surface area contributed by atoms with E-state index in [2.05, 4.69) is 5.32 Å². The lowest BCUT2D eigenvalue weighted by atomic mass is 9.97. The molecule has 0 saturated heterocycles. The highest BCUT2D eigenvalue weighted by Crippen LogP contribution is 2.30. The number of benzene rings is 2. The van der Waals surface area contributed by atoms with Crippen LogP contribution in [0.2, 0.25) is 5.02 Å². The third kappa shape index (κ3) is 2.77. The minimum atomic E-state index is -0.460. The molecule has 1 N–H and O–H groups in total. The van der Waals surface area contributed by atoms with E-state index < -0.39 is 5.82 Å². The van der Waals surface area contributed by atoms with Crippen LogP contribution >= 0.6 is 11.6 Å². The lowest BCUT2D eigenvalue weighted by molar-refractivity contribution is 0.609. The third-order valence-electron chi connectivity index (χ3n) is 3.10. The minimum absolute atomic E-state index is 0.0869. The Kier molecular flexibility index (Phi) is 4.17. The van der Waals surface area contributed by atoms with Gasteiger partial charge in [0.2, 0.25) is 0 Å². The molecular formula is C15H14ClF2N. The Morgan fingerprint density at radius 2 is 1.84 bits per heavy atom. The Morgan fingerprint density at radius 3 is 2.47 bits per heavy atom. The van der Waals surface area contributed by atoms with Crippen LogP contribution < -0.4 is 5.32 Å². The van der Waals surface area contributed by atoms with Crippen molar-refractivity contribution in [2.24, 2.45) is 0 Å². The average Bonchev–Trinajstić information content (AvgIpc) is 2.39. The van der Waals surface area contributed by atoms with E-state index in [-0.39, 0.29) is 16.9 Å². The van der Waals surface area contributed by atoms with E-state index in [1.165, 1.54) is 12.1 Å². The molecular weight excluding hydrogens is 268 g/mol. The van der Waals surface area contributed by atoms with Crippen molar-refractivity contribution >= 4 is 11.6 Å². The second-order valence-electron chi connectivity index (χ2n) is 4.37. The van der Waals surface area contributed by atoms with Crippen molar-refractivity contribution in [2.45, 2.75) is 13.0 Å². The molecule has 1 unspecified atom stereocenters. The van der Waals surface area contributed by atoms with Crippen LogP contribution in [0.25, 0.3) is 0 Å². The van der Waals surface area contributed by atoms with Crippen molar-refractivity contribution < 1.29 is 8.78 Å². The minimum Gasteiger partial charge on any atom is -0.309 e. The number of nitrogens with one attached hydrogen (secondary N) is 1. The molecule has 0 aliphatic carbocycles. The highest BCUT2D eigenvalue weighted by molar-refractivity contribution is 6.31. The zero-order valence-corrected chi connectivity index (χ0v) is 11.4. The SMILES string of the molecule is CNC(c1ccc(F)c(C)c1)c1cccc(F)c1Cl. The first kappa shape index (κ1) is 14.0. The van der Waals surface area contributed by atoms with E-state index in [1.54, 1.807) is 38.2 Å². The van der Waals surface area contributed by atoms with Crippen LogP contribution in [0, 0.1) is 18.6 Å². The van der Waals surface area contributed by atoms with Crippen molar-refractivity contribution in [1.29, 1.82) is 0 Å². The molecule has 0 bridgehead atoms. The maximum Gasteiger partial charge on any atom is 0.142 e. The van der Waals surface area contributed by atoms with Gasteiger partial charge in [0.1, 0.15) is 11.6 Å². The maximum atomic E-state index is 13.5. The molecule has 0 aromatic heterocycles. The Balaban J connectivity index is 2.50. The van der Waals surface area contributed by atoms with Gasteiger partial charge in [0.15, 0.2) is 0 Å². The molecule has 2 aromatic carbocycles. The highest BCUT2D eigenvalue weighted by Gasteiger charge is 2.17. The first-order valence-electron chi connectivity index (χ1n) is 5.92. The second-order valence-corrected chi connectivity index (χ2v) is 4.75. The predicted octanol–water partition coefficient (Wildman–Crippen LogP) is 4.24. The Hall–Kier alpha value is -1.45. The van der Waals surface area contributed by atoms with E-state index in [0.29, 0.717) is 11.1 Å². The van der Waals surface area contributed by atoms with E-state index in [1.807, 2.05) is 0 Å². The number of hydrogen-bond acceptors (Lipinski definition) is 1. The van der Waals surface area contributed by atoms with Gasteiger partial charge in [-0.3, -0.25) is 0 Å². The lowest BCUT2D eigenvalue weighted by Gasteiger charge is -2.19. The Morgan fingerprint density at radius 1 is 1.11 bits per heavy atom. The van der Waals surface area contributed by atoms with Gasteiger partial charge in [-0.2, -0.15) is 0 Å². The summed E-state index contributed by atoms with van der Waals surface area (Å²) in [6, 6.07) is 9.21. The smallest absolute Gasteiger partial charge is 0.142 e. The first-order valence-corrected chi connectivity index (χ1v) is 6.29. The van der Waals surface area contributed by atoms with Crippen LogP contribution in [0.4, 0.5) is 8.78 Å². The van der Waals surface area contributed by atoms with E-state index in [0.717, 1.165) is 5.56 Å². The summed E-state index contributed by atoms with van der Waals surface area (Å²) in [5.74, 6) is -0.720. The monoisotopic (exact) mass is 281 g/mol. The molecule has 0 fully saturated rings. The number of hydrogen-bond donors (Lipinski definition) is 1. The fourth-order valence-corrected chi connectivity index (χ4v) is 2.33. The summed E-state index contributed by atoms with van der Waals surface area (Å²) < 4.78 is 26.8. The van der Waals surface area contributed by atoms with Crippen LogP contribution in [-0.2, 0) is 0 Å². The largest absolute Gasteiger partial charge is 0.309 e. The highest BCUT2D eigenvalue weighted by atomic mass is 35.5. The molecule has 0 spiro atoms. The quantitative estimate of drug-likeness (QED) is 0.887. The summed E-state index contributed by atoms with van der Waals surface area (Å²) in [5.41, 5.74) is 2.02. The molecule has 0 aliphatic rings. The predicted molar refractivity (Wildman–Crippen MR) is 73.4 cm³/mol. The van der Waals surface area contributed by atoms with E-state index in [9.17, 15) is 8.78 Å². The summed E-state index contributed by atoms with van der Waals surface area (Å²) >= 11 is 6.00.